The van der Waals surface area contributed by atoms with Crippen molar-refractivity contribution in [1.82, 2.24) is 15.0 Å². The summed E-state index contributed by atoms with van der Waals surface area (Å²) in [7, 11) is 0. The van der Waals surface area contributed by atoms with Crippen molar-refractivity contribution in [3.05, 3.63) is 41.7 Å². The zero-order valence-corrected chi connectivity index (χ0v) is 16.4. The summed E-state index contributed by atoms with van der Waals surface area (Å²) in [4.78, 5) is 23.2. The number of rotatable bonds is 4. The number of H-pyrrole nitrogens is 1. The van der Waals surface area contributed by atoms with E-state index in [0.717, 1.165) is 37.9 Å². The number of aliphatic carboxylic acids is 1. The summed E-state index contributed by atoms with van der Waals surface area (Å²) in [6.07, 6.45) is 6.13. The third-order valence-electron chi connectivity index (χ3n) is 6.66. The van der Waals surface area contributed by atoms with Gasteiger partial charge in [-0.25, -0.2) is 18.7 Å². The average molecular weight is 423 g/mol. The first kappa shape index (κ1) is 19.4. The van der Waals surface area contributed by atoms with Crippen LogP contribution in [0.2, 0.25) is 0 Å². The van der Waals surface area contributed by atoms with Gasteiger partial charge in [-0.2, -0.15) is 5.26 Å². The van der Waals surface area contributed by atoms with Crippen LogP contribution in [-0.2, 0) is 4.79 Å². The fourth-order valence-electron chi connectivity index (χ4n) is 5.22. The topological polar surface area (TPSA) is 115 Å². The molecule has 0 spiro atoms. The first-order valence-corrected chi connectivity index (χ1v) is 10.2. The molecule has 3 fully saturated rings. The second-order valence-electron chi connectivity index (χ2n) is 8.29. The summed E-state index contributed by atoms with van der Waals surface area (Å²) in [5, 5.41) is 22.8. The minimum absolute atomic E-state index is 0.00633. The van der Waals surface area contributed by atoms with Crippen LogP contribution in [0.1, 0.15) is 31.2 Å². The number of fused-ring (bicyclic) bond motifs is 4. The summed E-state index contributed by atoms with van der Waals surface area (Å²) in [6.45, 7) is 0. The zero-order chi connectivity index (χ0) is 21.7. The number of carbonyl (C=O) groups is 1. The van der Waals surface area contributed by atoms with Crippen molar-refractivity contribution in [1.29, 1.82) is 5.26 Å². The van der Waals surface area contributed by atoms with Gasteiger partial charge in [0, 0.05) is 23.2 Å². The molecule has 3 aromatic rings. The third kappa shape index (κ3) is 3.19. The fourth-order valence-corrected chi connectivity index (χ4v) is 5.22. The fraction of sp³-hybridized carbons (Fsp3) is 0.364. The first-order chi connectivity index (χ1) is 15.0. The van der Waals surface area contributed by atoms with E-state index in [-0.39, 0.29) is 28.9 Å². The van der Waals surface area contributed by atoms with E-state index < -0.39 is 29.6 Å². The van der Waals surface area contributed by atoms with Crippen LogP contribution < -0.4 is 5.32 Å². The van der Waals surface area contributed by atoms with Gasteiger partial charge < -0.3 is 15.4 Å². The van der Waals surface area contributed by atoms with Crippen LogP contribution in [0.4, 0.5) is 14.6 Å². The SMILES string of the molecule is N#Cc1cc(F)c(N[C@@H]2C3CCC(CC3)[C@H]2C(=O)O)nc1-c1c[nH]c2ncc(F)cc12. The average Bonchev–Trinajstić information content (AvgIpc) is 3.18. The second-order valence-corrected chi connectivity index (χ2v) is 8.29. The molecule has 3 heterocycles. The highest BCUT2D eigenvalue weighted by molar-refractivity contribution is 5.94. The Morgan fingerprint density at radius 3 is 2.68 bits per heavy atom. The van der Waals surface area contributed by atoms with E-state index >= 15 is 0 Å². The quantitative estimate of drug-likeness (QED) is 0.583. The number of hydrogen-bond donors (Lipinski definition) is 3. The van der Waals surface area contributed by atoms with Crippen molar-refractivity contribution >= 4 is 22.8 Å². The molecular weight excluding hydrogens is 404 g/mol. The number of aromatic nitrogens is 3. The lowest BCUT2D eigenvalue weighted by molar-refractivity contribution is -0.148. The Kier molecular flexibility index (Phi) is 4.58. The van der Waals surface area contributed by atoms with Crippen molar-refractivity contribution in [2.24, 2.45) is 17.8 Å². The number of anilines is 1. The summed E-state index contributed by atoms with van der Waals surface area (Å²) in [5.41, 5.74) is 1.00. The normalized spacial score (nSPS) is 24.8. The molecule has 0 aromatic carbocycles. The minimum Gasteiger partial charge on any atom is -0.481 e. The second kappa shape index (κ2) is 7.30. The Balaban J connectivity index is 1.58. The smallest absolute Gasteiger partial charge is 0.308 e. The molecule has 0 unspecified atom stereocenters. The van der Waals surface area contributed by atoms with E-state index in [2.05, 4.69) is 20.3 Å². The molecule has 0 aliphatic heterocycles. The van der Waals surface area contributed by atoms with Crippen LogP contribution in [0, 0.1) is 40.7 Å². The van der Waals surface area contributed by atoms with Crippen LogP contribution in [0.15, 0.2) is 24.5 Å². The van der Waals surface area contributed by atoms with Crippen LogP contribution in [0.3, 0.4) is 0 Å². The Morgan fingerprint density at radius 1 is 1.23 bits per heavy atom. The largest absolute Gasteiger partial charge is 0.481 e. The number of nitrogens with zero attached hydrogens (tertiary/aromatic N) is 3. The van der Waals surface area contributed by atoms with E-state index in [4.69, 9.17) is 0 Å². The monoisotopic (exact) mass is 423 g/mol. The number of carboxylic acids is 1. The molecule has 31 heavy (non-hydrogen) atoms. The van der Waals surface area contributed by atoms with Crippen molar-refractivity contribution in [3.8, 4) is 17.3 Å². The molecule has 6 rings (SSSR count). The van der Waals surface area contributed by atoms with Gasteiger partial charge in [0.15, 0.2) is 11.6 Å². The number of hydrogen-bond acceptors (Lipinski definition) is 5. The number of nitriles is 1. The number of nitrogens with one attached hydrogen (secondary N) is 2. The maximum Gasteiger partial charge on any atom is 0.308 e. The molecule has 158 valence electrons. The Bertz CT molecular complexity index is 1230. The molecule has 0 amide bonds. The molecule has 0 saturated heterocycles. The number of pyridine rings is 2. The molecule has 2 atom stereocenters. The summed E-state index contributed by atoms with van der Waals surface area (Å²) in [5.74, 6) is -2.69. The van der Waals surface area contributed by atoms with Crippen LogP contribution >= 0.6 is 0 Å². The molecule has 0 radical (unpaired) electrons. The number of aromatic amines is 1. The van der Waals surface area contributed by atoms with E-state index in [1.165, 1.54) is 6.07 Å². The highest BCUT2D eigenvalue weighted by Crippen LogP contribution is 2.46. The van der Waals surface area contributed by atoms with Gasteiger partial charge in [-0.3, -0.25) is 4.79 Å². The van der Waals surface area contributed by atoms with Crippen LogP contribution in [-0.4, -0.2) is 32.1 Å². The van der Waals surface area contributed by atoms with Gasteiger partial charge >= 0.3 is 5.97 Å². The highest BCUT2D eigenvalue weighted by atomic mass is 19.1. The van der Waals surface area contributed by atoms with Gasteiger partial charge in [0.05, 0.1) is 23.4 Å². The Labute approximate surface area is 176 Å². The maximum absolute atomic E-state index is 14.9. The van der Waals surface area contributed by atoms with Crippen molar-refractivity contribution in [2.75, 3.05) is 5.32 Å². The lowest BCUT2D eigenvalue weighted by Gasteiger charge is -2.47. The third-order valence-corrected chi connectivity index (χ3v) is 6.66. The lowest BCUT2D eigenvalue weighted by Crippen LogP contribution is -2.51. The van der Waals surface area contributed by atoms with Crippen molar-refractivity contribution < 1.29 is 18.7 Å². The van der Waals surface area contributed by atoms with E-state index in [1.807, 2.05) is 6.07 Å². The molecule has 3 N–H and O–H groups in total. The zero-order valence-electron chi connectivity index (χ0n) is 16.4. The molecule has 7 nitrogen and oxygen atoms in total. The highest BCUT2D eigenvalue weighted by Gasteiger charge is 2.47. The Hall–Kier alpha value is -3.54. The number of carboxylic acid groups (broad SMARTS) is 1. The van der Waals surface area contributed by atoms with Gasteiger partial charge in [-0.05, 0) is 49.7 Å². The standard InChI is InChI=1S/C22H19F2N5O2/c23-13-6-14-15(9-27-20(14)26-8-13)18-12(7-25)5-16(24)21(28-18)29-19-11-3-1-10(2-4-11)17(19)22(30)31/h5-6,8-11,17,19H,1-4H2,(H,26,27)(H,28,29)(H,30,31)/t10?,11?,17-,19-/m1/s1. The summed E-state index contributed by atoms with van der Waals surface area (Å²) >= 11 is 0. The molecule has 3 aromatic heterocycles. The molecule has 2 bridgehead atoms. The van der Waals surface area contributed by atoms with Crippen molar-refractivity contribution in [2.45, 2.75) is 31.7 Å². The minimum atomic E-state index is -0.889. The summed E-state index contributed by atoms with van der Waals surface area (Å²) < 4.78 is 28.6. The molecule has 9 heteroatoms. The predicted octanol–water partition coefficient (Wildman–Crippen LogP) is 4.08. The molecular formula is C22H19F2N5O2. The van der Waals surface area contributed by atoms with E-state index in [0.29, 0.717) is 16.6 Å². The van der Waals surface area contributed by atoms with Gasteiger partial charge in [0.1, 0.15) is 17.5 Å². The van der Waals surface area contributed by atoms with Gasteiger partial charge in [-0.1, -0.05) is 0 Å². The first-order valence-electron chi connectivity index (χ1n) is 10.2. The van der Waals surface area contributed by atoms with Crippen LogP contribution in [0.5, 0.6) is 0 Å². The molecule has 3 aliphatic carbocycles. The van der Waals surface area contributed by atoms with E-state index in [9.17, 15) is 23.9 Å². The predicted molar refractivity (Wildman–Crippen MR) is 108 cm³/mol. The number of halogens is 2. The van der Waals surface area contributed by atoms with Gasteiger partial charge in [-0.15, -0.1) is 0 Å². The van der Waals surface area contributed by atoms with Gasteiger partial charge in [0.25, 0.3) is 0 Å². The summed E-state index contributed by atoms with van der Waals surface area (Å²) in [6, 6.07) is 3.85. The molecule has 3 aliphatic rings. The van der Waals surface area contributed by atoms with Crippen LogP contribution in [0.25, 0.3) is 22.3 Å². The maximum atomic E-state index is 14.9. The van der Waals surface area contributed by atoms with E-state index in [1.54, 1.807) is 6.20 Å². The van der Waals surface area contributed by atoms with Crippen molar-refractivity contribution in [3.63, 3.8) is 0 Å². The van der Waals surface area contributed by atoms with Gasteiger partial charge in [0.2, 0.25) is 0 Å². The Morgan fingerprint density at radius 2 is 1.97 bits per heavy atom. The lowest BCUT2D eigenvalue weighted by atomic mass is 9.61. The molecule has 3 saturated carbocycles.